The van der Waals surface area contributed by atoms with Crippen LogP contribution in [0.25, 0.3) is 0 Å². The third kappa shape index (κ3) is 2.63. The van der Waals surface area contributed by atoms with E-state index in [0.717, 1.165) is 11.1 Å². The van der Waals surface area contributed by atoms with Gasteiger partial charge in [0.1, 0.15) is 0 Å². The Bertz CT molecular complexity index is 541. The molecule has 0 atom stereocenters. The van der Waals surface area contributed by atoms with Crippen LogP contribution in [0.2, 0.25) is 0 Å². The molecule has 1 spiro atoms. The summed E-state index contributed by atoms with van der Waals surface area (Å²) in [5.74, 6) is -0.650. The largest absolute Gasteiger partial charge is 0.465 e. The SMILES string of the molecule is CCOC(=O)C1(c2cncc(C)c2)CCC2(CC1)OCCO2. The first-order valence-corrected chi connectivity index (χ1v) is 7.97. The predicted octanol–water partition coefficient (Wildman–Crippen LogP) is 2.51. The van der Waals surface area contributed by atoms with Gasteiger partial charge in [-0.25, -0.2) is 0 Å². The van der Waals surface area contributed by atoms with Crippen molar-refractivity contribution in [3.8, 4) is 0 Å². The highest BCUT2D eigenvalue weighted by Gasteiger charge is 2.51. The van der Waals surface area contributed by atoms with E-state index in [1.165, 1.54) is 0 Å². The van der Waals surface area contributed by atoms with Crippen molar-refractivity contribution in [1.29, 1.82) is 0 Å². The van der Waals surface area contributed by atoms with Crippen molar-refractivity contribution < 1.29 is 19.0 Å². The number of ether oxygens (including phenoxy) is 3. The molecule has 0 amide bonds. The van der Waals surface area contributed by atoms with Crippen LogP contribution in [0.5, 0.6) is 0 Å². The molecule has 1 aliphatic carbocycles. The van der Waals surface area contributed by atoms with Crippen LogP contribution in [0, 0.1) is 6.92 Å². The molecule has 1 saturated carbocycles. The molecule has 120 valence electrons. The zero-order valence-electron chi connectivity index (χ0n) is 13.3. The molecule has 1 aromatic heterocycles. The lowest BCUT2D eigenvalue weighted by Gasteiger charge is -2.42. The zero-order chi connectivity index (χ0) is 15.6. The average Bonchev–Trinajstić information content (AvgIpc) is 2.97. The van der Waals surface area contributed by atoms with Gasteiger partial charge < -0.3 is 14.2 Å². The number of aromatic nitrogens is 1. The van der Waals surface area contributed by atoms with Crippen LogP contribution in [0.4, 0.5) is 0 Å². The van der Waals surface area contributed by atoms with E-state index >= 15 is 0 Å². The lowest BCUT2D eigenvalue weighted by atomic mass is 9.68. The summed E-state index contributed by atoms with van der Waals surface area (Å²) in [5, 5.41) is 0. The van der Waals surface area contributed by atoms with Crippen molar-refractivity contribution in [1.82, 2.24) is 4.98 Å². The fourth-order valence-electron chi connectivity index (χ4n) is 3.54. The molecule has 0 radical (unpaired) electrons. The fraction of sp³-hybridized carbons (Fsp3) is 0.647. The van der Waals surface area contributed by atoms with Crippen molar-refractivity contribution >= 4 is 5.97 Å². The van der Waals surface area contributed by atoms with Crippen LogP contribution in [0.1, 0.15) is 43.7 Å². The predicted molar refractivity (Wildman–Crippen MR) is 80.4 cm³/mol. The van der Waals surface area contributed by atoms with Crippen molar-refractivity contribution in [3.05, 3.63) is 29.6 Å². The smallest absolute Gasteiger partial charge is 0.316 e. The molecule has 0 aromatic carbocycles. The Kier molecular flexibility index (Phi) is 4.19. The van der Waals surface area contributed by atoms with Crippen LogP contribution < -0.4 is 0 Å². The minimum atomic E-state index is -0.629. The second kappa shape index (κ2) is 5.97. The van der Waals surface area contributed by atoms with Gasteiger partial charge in [-0.2, -0.15) is 0 Å². The molecule has 5 heteroatoms. The highest BCUT2D eigenvalue weighted by Crippen LogP contribution is 2.47. The Hall–Kier alpha value is -1.46. The van der Waals surface area contributed by atoms with Gasteiger partial charge in [0.25, 0.3) is 0 Å². The molecule has 2 aliphatic rings. The summed E-state index contributed by atoms with van der Waals surface area (Å²) in [6.45, 7) is 5.49. The first-order chi connectivity index (χ1) is 10.6. The molecule has 5 nitrogen and oxygen atoms in total. The molecule has 3 rings (SSSR count). The number of hydrogen-bond donors (Lipinski definition) is 0. The van der Waals surface area contributed by atoms with Gasteiger partial charge in [-0.1, -0.05) is 6.07 Å². The van der Waals surface area contributed by atoms with Gasteiger partial charge in [0, 0.05) is 25.2 Å². The van der Waals surface area contributed by atoms with E-state index in [9.17, 15) is 4.79 Å². The molecule has 22 heavy (non-hydrogen) atoms. The number of esters is 1. The number of hydrogen-bond acceptors (Lipinski definition) is 5. The summed E-state index contributed by atoms with van der Waals surface area (Å²) in [6, 6.07) is 2.04. The summed E-state index contributed by atoms with van der Waals surface area (Å²) in [6.07, 6.45) is 6.33. The monoisotopic (exact) mass is 305 g/mol. The number of pyridine rings is 1. The highest BCUT2D eigenvalue weighted by molar-refractivity contribution is 5.83. The Morgan fingerprint density at radius 1 is 1.23 bits per heavy atom. The Morgan fingerprint density at radius 3 is 2.50 bits per heavy atom. The fourth-order valence-corrected chi connectivity index (χ4v) is 3.54. The third-order valence-corrected chi connectivity index (χ3v) is 4.77. The summed E-state index contributed by atoms with van der Waals surface area (Å²) in [5.41, 5.74) is 1.36. The second-order valence-electron chi connectivity index (χ2n) is 6.16. The third-order valence-electron chi connectivity index (χ3n) is 4.77. The molecular formula is C17H23NO4. The topological polar surface area (TPSA) is 57.7 Å². The summed E-state index contributed by atoms with van der Waals surface area (Å²) in [7, 11) is 0. The number of carbonyl (C=O) groups excluding carboxylic acids is 1. The molecular weight excluding hydrogens is 282 g/mol. The van der Waals surface area contributed by atoms with Crippen LogP contribution in [0.15, 0.2) is 18.5 Å². The van der Waals surface area contributed by atoms with Gasteiger partial charge in [0.05, 0.1) is 25.2 Å². The van der Waals surface area contributed by atoms with Crippen molar-refractivity contribution in [3.63, 3.8) is 0 Å². The van der Waals surface area contributed by atoms with Crippen LogP contribution in [-0.2, 0) is 24.4 Å². The van der Waals surface area contributed by atoms with Crippen molar-refractivity contribution in [2.75, 3.05) is 19.8 Å². The van der Waals surface area contributed by atoms with Gasteiger partial charge in [0.2, 0.25) is 0 Å². The minimum Gasteiger partial charge on any atom is -0.465 e. The van der Waals surface area contributed by atoms with E-state index in [1.807, 2.05) is 19.9 Å². The van der Waals surface area contributed by atoms with Gasteiger partial charge in [0.15, 0.2) is 5.79 Å². The lowest BCUT2D eigenvalue weighted by molar-refractivity contribution is -0.191. The van der Waals surface area contributed by atoms with E-state index < -0.39 is 11.2 Å². The number of rotatable bonds is 3. The zero-order valence-corrected chi connectivity index (χ0v) is 13.3. The van der Waals surface area contributed by atoms with E-state index in [4.69, 9.17) is 14.2 Å². The van der Waals surface area contributed by atoms with Crippen LogP contribution in [-0.4, -0.2) is 36.6 Å². The molecule has 1 saturated heterocycles. The Morgan fingerprint density at radius 2 is 1.91 bits per heavy atom. The quantitative estimate of drug-likeness (QED) is 0.803. The summed E-state index contributed by atoms with van der Waals surface area (Å²) in [4.78, 5) is 17.0. The minimum absolute atomic E-state index is 0.157. The van der Waals surface area contributed by atoms with Crippen LogP contribution in [0.3, 0.4) is 0 Å². The van der Waals surface area contributed by atoms with Crippen molar-refractivity contribution in [2.24, 2.45) is 0 Å². The van der Waals surface area contributed by atoms with Gasteiger partial charge >= 0.3 is 5.97 Å². The molecule has 2 heterocycles. The van der Waals surface area contributed by atoms with E-state index in [1.54, 1.807) is 12.4 Å². The Labute approximate surface area is 131 Å². The molecule has 1 aliphatic heterocycles. The van der Waals surface area contributed by atoms with Gasteiger partial charge in [-0.3, -0.25) is 9.78 Å². The van der Waals surface area contributed by atoms with Gasteiger partial charge in [-0.15, -0.1) is 0 Å². The first kappa shape index (κ1) is 15.4. The van der Waals surface area contributed by atoms with Gasteiger partial charge in [-0.05, 0) is 37.8 Å². The number of nitrogens with zero attached hydrogens (tertiary/aromatic N) is 1. The molecule has 0 N–H and O–H groups in total. The maximum atomic E-state index is 12.7. The van der Waals surface area contributed by atoms with E-state index in [2.05, 4.69) is 4.98 Å². The maximum Gasteiger partial charge on any atom is 0.316 e. The number of carbonyl (C=O) groups is 1. The lowest BCUT2D eigenvalue weighted by Crippen LogP contribution is -2.47. The van der Waals surface area contributed by atoms with Crippen molar-refractivity contribution in [2.45, 2.75) is 50.7 Å². The molecule has 0 unspecified atom stereocenters. The Balaban J connectivity index is 1.90. The second-order valence-corrected chi connectivity index (χ2v) is 6.16. The normalized spacial score (nSPS) is 22.6. The van der Waals surface area contributed by atoms with E-state index in [-0.39, 0.29) is 5.97 Å². The first-order valence-electron chi connectivity index (χ1n) is 7.97. The standard InChI is InChI=1S/C17H23NO4/c1-3-20-15(19)16(14-10-13(2)11-18-12-14)4-6-17(7-5-16)21-8-9-22-17/h10-12H,3-9H2,1-2H3. The average molecular weight is 305 g/mol. The molecule has 1 aromatic rings. The number of aryl methyl sites for hydroxylation is 1. The maximum absolute atomic E-state index is 12.7. The molecule has 2 fully saturated rings. The van der Waals surface area contributed by atoms with E-state index in [0.29, 0.717) is 45.5 Å². The summed E-state index contributed by atoms with van der Waals surface area (Å²) < 4.78 is 16.9. The highest BCUT2D eigenvalue weighted by atomic mass is 16.7. The van der Waals surface area contributed by atoms with Crippen LogP contribution >= 0.6 is 0 Å². The summed E-state index contributed by atoms with van der Waals surface area (Å²) >= 11 is 0. The molecule has 0 bridgehead atoms.